The van der Waals surface area contributed by atoms with Gasteiger partial charge in [0, 0.05) is 29.7 Å². The van der Waals surface area contributed by atoms with Crippen molar-refractivity contribution in [1.82, 2.24) is 9.88 Å². The molecule has 0 radical (unpaired) electrons. The molecule has 0 saturated carbocycles. The summed E-state index contributed by atoms with van der Waals surface area (Å²) in [4.78, 5) is 7.99. The van der Waals surface area contributed by atoms with E-state index in [1.165, 1.54) is 16.0 Å². The number of aliphatic hydroxyl groups is 1. The lowest BCUT2D eigenvalue weighted by atomic mass is 10.2. The number of hydrogen-bond acceptors (Lipinski definition) is 4. The molecule has 1 aromatic heterocycles. The van der Waals surface area contributed by atoms with Gasteiger partial charge in [0.15, 0.2) is 0 Å². The Labute approximate surface area is 124 Å². The van der Waals surface area contributed by atoms with E-state index in [9.17, 15) is 5.11 Å². The molecule has 0 spiro atoms. The van der Waals surface area contributed by atoms with E-state index in [0.717, 1.165) is 24.5 Å². The van der Waals surface area contributed by atoms with Gasteiger partial charge in [0.05, 0.1) is 6.10 Å². The largest absolute Gasteiger partial charge is 0.393 e. The molecule has 1 heterocycles. The number of aryl methyl sites for hydroxylation is 1. The van der Waals surface area contributed by atoms with Crippen molar-refractivity contribution in [1.29, 1.82) is 0 Å². The molecule has 0 bridgehead atoms. The molecule has 1 aromatic carbocycles. The average molecular weight is 290 g/mol. The highest BCUT2D eigenvalue weighted by Gasteiger charge is 2.07. The van der Waals surface area contributed by atoms with Crippen LogP contribution in [0.1, 0.15) is 23.8 Å². The third-order valence-electron chi connectivity index (χ3n) is 3.21. The van der Waals surface area contributed by atoms with Gasteiger partial charge < -0.3 is 10.0 Å². The molecular weight excluding hydrogens is 268 g/mol. The lowest BCUT2D eigenvalue weighted by Gasteiger charge is -2.15. The van der Waals surface area contributed by atoms with Crippen LogP contribution in [0.2, 0.25) is 0 Å². The van der Waals surface area contributed by atoms with Crippen LogP contribution in [0.15, 0.2) is 30.5 Å². The SMILES string of the molecule is Cc1ccc(-c2ncc(CN(C)CCC(C)O)s2)cc1. The van der Waals surface area contributed by atoms with Crippen molar-refractivity contribution >= 4 is 11.3 Å². The van der Waals surface area contributed by atoms with Crippen molar-refractivity contribution in [2.75, 3.05) is 13.6 Å². The minimum Gasteiger partial charge on any atom is -0.393 e. The van der Waals surface area contributed by atoms with Gasteiger partial charge in [-0.2, -0.15) is 0 Å². The van der Waals surface area contributed by atoms with Crippen LogP contribution in [0, 0.1) is 6.92 Å². The number of thiazole rings is 1. The summed E-state index contributed by atoms with van der Waals surface area (Å²) in [6.07, 6.45) is 2.53. The highest BCUT2D eigenvalue weighted by atomic mass is 32.1. The fourth-order valence-corrected chi connectivity index (χ4v) is 2.96. The van der Waals surface area contributed by atoms with Crippen molar-refractivity contribution in [2.45, 2.75) is 32.9 Å². The summed E-state index contributed by atoms with van der Waals surface area (Å²) < 4.78 is 0. The minimum absolute atomic E-state index is 0.234. The lowest BCUT2D eigenvalue weighted by Crippen LogP contribution is -2.21. The first-order valence-corrected chi connectivity index (χ1v) is 7.74. The van der Waals surface area contributed by atoms with Crippen molar-refractivity contribution in [2.24, 2.45) is 0 Å². The van der Waals surface area contributed by atoms with Gasteiger partial charge >= 0.3 is 0 Å². The highest BCUT2D eigenvalue weighted by molar-refractivity contribution is 7.15. The first kappa shape index (κ1) is 15.2. The fraction of sp³-hybridized carbons (Fsp3) is 0.438. The highest BCUT2D eigenvalue weighted by Crippen LogP contribution is 2.26. The molecule has 0 amide bonds. The van der Waals surface area contributed by atoms with Crippen LogP contribution in [0.5, 0.6) is 0 Å². The Hall–Kier alpha value is -1.23. The van der Waals surface area contributed by atoms with Gasteiger partial charge in [-0.25, -0.2) is 4.98 Å². The third-order valence-corrected chi connectivity index (χ3v) is 4.24. The summed E-state index contributed by atoms with van der Waals surface area (Å²) >= 11 is 1.74. The summed E-state index contributed by atoms with van der Waals surface area (Å²) in [5, 5.41) is 10.4. The summed E-state index contributed by atoms with van der Waals surface area (Å²) in [5.74, 6) is 0. The second-order valence-electron chi connectivity index (χ2n) is 5.37. The second-order valence-corrected chi connectivity index (χ2v) is 6.49. The number of benzene rings is 1. The van der Waals surface area contributed by atoms with Crippen molar-refractivity contribution in [3.8, 4) is 10.6 Å². The molecule has 3 nitrogen and oxygen atoms in total. The Morgan fingerprint density at radius 2 is 2.00 bits per heavy atom. The maximum absolute atomic E-state index is 9.31. The molecule has 0 aliphatic heterocycles. The van der Waals surface area contributed by atoms with Crippen LogP contribution in [-0.4, -0.2) is 34.7 Å². The first-order valence-electron chi connectivity index (χ1n) is 6.93. The third kappa shape index (κ3) is 4.40. The van der Waals surface area contributed by atoms with Crippen LogP contribution in [0.4, 0.5) is 0 Å². The van der Waals surface area contributed by atoms with Crippen LogP contribution in [0.25, 0.3) is 10.6 Å². The maximum Gasteiger partial charge on any atom is 0.123 e. The molecule has 20 heavy (non-hydrogen) atoms. The predicted octanol–water partition coefficient (Wildman–Crippen LogP) is 3.32. The van der Waals surface area contributed by atoms with E-state index >= 15 is 0 Å². The zero-order valence-corrected chi connectivity index (χ0v) is 13.2. The van der Waals surface area contributed by atoms with E-state index in [2.05, 4.69) is 48.1 Å². The molecule has 108 valence electrons. The number of rotatable bonds is 6. The molecule has 1 unspecified atom stereocenters. The Bertz CT molecular complexity index is 534. The molecule has 0 fully saturated rings. The smallest absolute Gasteiger partial charge is 0.123 e. The second kappa shape index (κ2) is 6.97. The zero-order valence-electron chi connectivity index (χ0n) is 12.3. The molecule has 0 aliphatic rings. The van der Waals surface area contributed by atoms with Crippen LogP contribution in [0.3, 0.4) is 0 Å². The Morgan fingerprint density at radius 3 is 2.65 bits per heavy atom. The normalized spacial score (nSPS) is 12.8. The van der Waals surface area contributed by atoms with Gasteiger partial charge in [-0.15, -0.1) is 11.3 Å². The summed E-state index contributed by atoms with van der Waals surface area (Å²) in [6.45, 7) is 5.70. The van der Waals surface area contributed by atoms with Gasteiger partial charge in [-0.05, 0) is 27.3 Å². The Kier molecular flexibility index (Phi) is 5.29. The van der Waals surface area contributed by atoms with Gasteiger partial charge in [0.2, 0.25) is 0 Å². The van der Waals surface area contributed by atoms with Crippen molar-refractivity contribution < 1.29 is 5.11 Å². The van der Waals surface area contributed by atoms with Crippen LogP contribution < -0.4 is 0 Å². The maximum atomic E-state index is 9.31. The molecule has 0 aliphatic carbocycles. The van der Waals surface area contributed by atoms with E-state index in [4.69, 9.17) is 0 Å². The van der Waals surface area contributed by atoms with Gasteiger partial charge in [0.1, 0.15) is 5.01 Å². The molecule has 1 N–H and O–H groups in total. The fourth-order valence-electron chi connectivity index (χ4n) is 1.96. The van der Waals surface area contributed by atoms with E-state index < -0.39 is 0 Å². The number of aromatic nitrogens is 1. The molecule has 0 saturated heterocycles. The van der Waals surface area contributed by atoms with Crippen molar-refractivity contribution in [3.05, 3.63) is 40.9 Å². The predicted molar refractivity (Wildman–Crippen MR) is 84.9 cm³/mol. The molecule has 1 atom stereocenters. The molecule has 2 aromatic rings. The standard InChI is InChI=1S/C16H22N2OS/c1-12-4-6-14(7-5-12)16-17-10-15(20-16)11-18(3)9-8-13(2)19/h4-7,10,13,19H,8-9,11H2,1-3H3. The first-order chi connectivity index (χ1) is 9.54. The zero-order chi connectivity index (χ0) is 14.5. The van der Waals surface area contributed by atoms with Crippen molar-refractivity contribution in [3.63, 3.8) is 0 Å². The number of hydrogen-bond donors (Lipinski definition) is 1. The minimum atomic E-state index is -0.234. The lowest BCUT2D eigenvalue weighted by molar-refractivity contribution is 0.163. The summed E-state index contributed by atoms with van der Waals surface area (Å²) in [6, 6.07) is 8.47. The Morgan fingerprint density at radius 1 is 1.30 bits per heavy atom. The van der Waals surface area contributed by atoms with E-state index in [-0.39, 0.29) is 6.10 Å². The summed E-state index contributed by atoms with van der Waals surface area (Å²) in [7, 11) is 2.08. The quantitative estimate of drug-likeness (QED) is 0.886. The Balaban J connectivity index is 1.96. The average Bonchev–Trinajstić information content (AvgIpc) is 2.85. The van der Waals surface area contributed by atoms with Crippen LogP contribution in [-0.2, 0) is 6.54 Å². The number of nitrogens with zero attached hydrogens (tertiary/aromatic N) is 2. The molecule has 4 heteroatoms. The summed E-state index contributed by atoms with van der Waals surface area (Å²) in [5.41, 5.74) is 2.45. The molecular formula is C16H22N2OS. The van der Waals surface area contributed by atoms with Gasteiger partial charge in [-0.1, -0.05) is 29.8 Å². The monoisotopic (exact) mass is 290 g/mol. The number of aliphatic hydroxyl groups excluding tert-OH is 1. The van der Waals surface area contributed by atoms with Gasteiger partial charge in [0.25, 0.3) is 0 Å². The van der Waals surface area contributed by atoms with Crippen LogP contribution >= 0.6 is 11.3 Å². The van der Waals surface area contributed by atoms with Gasteiger partial charge in [-0.3, -0.25) is 0 Å². The molecule has 2 rings (SSSR count). The van der Waals surface area contributed by atoms with E-state index in [1.807, 2.05) is 13.1 Å². The van der Waals surface area contributed by atoms with E-state index in [0.29, 0.717) is 0 Å². The van der Waals surface area contributed by atoms with E-state index in [1.54, 1.807) is 11.3 Å². The topological polar surface area (TPSA) is 36.4 Å².